The van der Waals surface area contributed by atoms with Crippen LogP contribution in [0.3, 0.4) is 0 Å². The van der Waals surface area contributed by atoms with Crippen molar-refractivity contribution in [2.24, 2.45) is 0 Å². The van der Waals surface area contributed by atoms with E-state index in [1.807, 2.05) is 0 Å². The summed E-state index contributed by atoms with van der Waals surface area (Å²) in [6.45, 7) is 4.51. The lowest BCUT2D eigenvalue weighted by atomic mass is 9.79. The van der Waals surface area contributed by atoms with Crippen LogP contribution in [0.25, 0.3) is 11.1 Å². The Hall–Kier alpha value is -2.34. The number of unbranched alkanes of at least 4 members (excludes halogenated alkanes) is 1. The average Bonchev–Trinajstić information content (AvgIpc) is 2.78. The summed E-state index contributed by atoms with van der Waals surface area (Å²) in [5, 5.41) is 0. The van der Waals surface area contributed by atoms with Gasteiger partial charge in [0.05, 0.1) is 0 Å². The molecule has 3 aromatic rings. The minimum absolute atomic E-state index is 0.668. The van der Waals surface area contributed by atoms with Crippen LogP contribution in [0.15, 0.2) is 66.7 Å². The summed E-state index contributed by atoms with van der Waals surface area (Å²) in [5.74, 6) is 0.668. The summed E-state index contributed by atoms with van der Waals surface area (Å²) < 4.78 is 0. The molecule has 1 unspecified atom stereocenters. The molecule has 150 valence electrons. The summed E-state index contributed by atoms with van der Waals surface area (Å²) in [6.07, 6.45) is 9.80. The molecular formula is C29H34. The second kappa shape index (κ2) is 9.44. The van der Waals surface area contributed by atoms with Gasteiger partial charge in [-0.25, -0.2) is 0 Å². The van der Waals surface area contributed by atoms with Gasteiger partial charge in [-0.15, -0.1) is 0 Å². The summed E-state index contributed by atoms with van der Waals surface area (Å²) in [4.78, 5) is 0. The molecule has 0 fully saturated rings. The highest BCUT2D eigenvalue weighted by Gasteiger charge is 2.20. The molecule has 1 aliphatic carbocycles. The fourth-order valence-corrected chi connectivity index (χ4v) is 4.71. The van der Waals surface area contributed by atoms with Crippen LogP contribution in [0.5, 0.6) is 0 Å². The zero-order chi connectivity index (χ0) is 20.1. The molecular weight excluding hydrogens is 348 g/mol. The molecule has 0 heterocycles. The van der Waals surface area contributed by atoms with Gasteiger partial charge in [-0.05, 0) is 83.4 Å². The summed E-state index contributed by atoms with van der Waals surface area (Å²) >= 11 is 0. The maximum Gasteiger partial charge on any atom is -0.0118 e. The van der Waals surface area contributed by atoms with Crippen molar-refractivity contribution in [2.45, 2.75) is 71.1 Å². The predicted molar refractivity (Wildman–Crippen MR) is 126 cm³/mol. The third-order valence-electron chi connectivity index (χ3n) is 6.53. The molecule has 0 bridgehead atoms. The molecule has 0 aromatic heterocycles. The topological polar surface area (TPSA) is 0 Å². The first-order chi connectivity index (χ1) is 14.3. The SMILES string of the molecule is CCCCc1ccc(C2CCc3cc(-c4ccc(CCC)cc4)ccc3C2)cc1. The Balaban J connectivity index is 1.46. The Morgan fingerprint density at radius 1 is 0.690 bits per heavy atom. The van der Waals surface area contributed by atoms with Gasteiger partial charge in [0.15, 0.2) is 0 Å². The van der Waals surface area contributed by atoms with Gasteiger partial charge < -0.3 is 0 Å². The van der Waals surface area contributed by atoms with E-state index >= 15 is 0 Å². The molecule has 1 aliphatic rings. The Bertz CT molecular complexity index is 915. The lowest BCUT2D eigenvalue weighted by Gasteiger charge is -2.26. The number of hydrogen-bond acceptors (Lipinski definition) is 0. The lowest BCUT2D eigenvalue weighted by molar-refractivity contribution is 0.585. The fourth-order valence-electron chi connectivity index (χ4n) is 4.71. The van der Waals surface area contributed by atoms with E-state index in [4.69, 9.17) is 0 Å². The molecule has 0 saturated carbocycles. The molecule has 0 radical (unpaired) electrons. The molecule has 0 aliphatic heterocycles. The van der Waals surface area contributed by atoms with Gasteiger partial charge in [-0.2, -0.15) is 0 Å². The van der Waals surface area contributed by atoms with E-state index < -0.39 is 0 Å². The normalized spacial score (nSPS) is 15.9. The standard InChI is InChI=1S/C29H34/c1-3-5-7-23-10-14-25(15-11-23)27-17-19-28-20-26(16-18-29(28)21-27)24-12-8-22(6-4-2)9-13-24/h8-16,18,20,27H,3-7,17,19,21H2,1-2H3. The van der Waals surface area contributed by atoms with Crippen molar-refractivity contribution in [3.05, 3.63) is 94.5 Å². The highest BCUT2D eigenvalue weighted by molar-refractivity contribution is 5.65. The van der Waals surface area contributed by atoms with Gasteiger partial charge in [0, 0.05) is 0 Å². The first-order valence-electron chi connectivity index (χ1n) is 11.6. The van der Waals surface area contributed by atoms with E-state index in [2.05, 4.69) is 80.6 Å². The zero-order valence-electron chi connectivity index (χ0n) is 18.1. The largest absolute Gasteiger partial charge is 0.0654 e. The number of benzene rings is 3. The molecule has 0 heteroatoms. The Morgan fingerprint density at radius 3 is 2.10 bits per heavy atom. The molecule has 3 aromatic carbocycles. The number of hydrogen-bond donors (Lipinski definition) is 0. The van der Waals surface area contributed by atoms with Crippen molar-refractivity contribution in [2.75, 3.05) is 0 Å². The van der Waals surface area contributed by atoms with Crippen LogP contribution in [0.1, 0.15) is 73.3 Å². The predicted octanol–water partition coefficient (Wildman–Crippen LogP) is 7.92. The number of aryl methyl sites for hydroxylation is 3. The molecule has 0 saturated heterocycles. The van der Waals surface area contributed by atoms with E-state index in [1.165, 1.54) is 79.2 Å². The summed E-state index contributed by atoms with van der Waals surface area (Å²) in [5.41, 5.74) is 10.3. The van der Waals surface area contributed by atoms with Gasteiger partial charge >= 0.3 is 0 Å². The van der Waals surface area contributed by atoms with E-state index in [1.54, 1.807) is 11.1 Å². The van der Waals surface area contributed by atoms with Crippen molar-refractivity contribution < 1.29 is 0 Å². The van der Waals surface area contributed by atoms with Gasteiger partial charge in [-0.3, -0.25) is 0 Å². The summed E-state index contributed by atoms with van der Waals surface area (Å²) in [7, 11) is 0. The van der Waals surface area contributed by atoms with Gasteiger partial charge in [0.1, 0.15) is 0 Å². The van der Waals surface area contributed by atoms with Crippen LogP contribution in [0.2, 0.25) is 0 Å². The molecule has 0 amide bonds. The van der Waals surface area contributed by atoms with Gasteiger partial charge in [0.25, 0.3) is 0 Å². The molecule has 4 rings (SSSR count). The minimum Gasteiger partial charge on any atom is -0.0654 e. The Kier molecular flexibility index (Phi) is 6.49. The minimum atomic E-state index is 0.668. The van der Waals surface area contributed by atoms with Gasteiger partial charge in [-0.1, -0.05) is 93.4 Å². The molecule has 0 spiro atoms. The van der Waals surface area contributed by atoms with Crippen molar-refractivity contribution in [1.29, 1.82) is 0 Å². The lowest BCUT2D eigenvalue weighted by Crippen LogP contribution is -2.13. The molecule has 0 N–H and O–H groups in total. The number of fused-ring (bicyclic) bond motifs is 1. The zero-order valence-corrected chi connectivity index (χ0v) is 18.1. The quantitative estimate of drug-likeness (QED) is 0.389. The summed E-state index contributed by atoms with van der Waals surface area (Å²) in [6, 6.07) is 25.8. The van der Waals surface area contributed by atoms with Crippen LogP contribution in [0, 0.1) is 0 Å². The van der Waals surface area contributed by atoms with E-state index in [9.17, 15) is 0 Å². The third-order valence-corrected chi connectivity index (χ3v) is 6.53. The van der Waals surface area contributed by atoms with Crippen LogP contribution < -0.4 is 0 Å². The van der Waals surface area contributed by atoms with E-state index in [0.717, 1.165) is 0 Å². The second-order valence-electron chi connectivity index (χ2n) is 8.72. The highest BCUT2D eigenvalue weighted by Crippen LogP contribution is 2.35. The van der Waals surface area contributed by atoms with Crippen molar-refractivity contribution in [1.82, 2.24) is 0 Å². The van der Waals surface area contributed by atoms with Gasteiger partial charge in [0.2, 0.25) is 0 Å². The Morgan fingerprint density at radius 2 is 1.38 bits per heavy atom. The third kappa shape index (κ3) is 4.81. The van der Waals surface area contributed by atoms with Crippen molar-refractivity contribution in [3.8, 4) is 11.1 Å². The maximum atomic E-state index is 2.44. The smallest absolute Gasteiger partial charge is 0.0118 e. The first-order valence-corrected chi connectivity index (χ1v) is 11.6. The monoisotopic (exact) mass is 382 g/mol. The maximum absolute atomic E-state index is 2.44. The van der Waals surface area contributed by atoms with E-state index in [-0.39, 0.29) is 0 Å². The number of rotatable bonds is 7. The van der Waals surface area contributed by atoms with Crippen LogP contribution in [-0.2, 0) is 25.7 Å². The van der Waals surface area contributed by atoms with Crippen LogP contribution >= 0.6 is 0 Å². The first kappa shape index (κ1) is 20.0. The fraction of sp³-hybridized carbons (Fsp3) is 0.379. The van der Waals surface area contributed by atoms with Crippen molar-refractivity contribution >= 4 is 0 Å². The van der Waals surface area contributed by atoms with Crippen molar-refractivity contribution in [3.63, 3.8) is 0 Å². The molecule has 1 atom stereocenters. The average molecular weight is 383 g/mol. The van der Waals surface area contributed by atoms with Crippen LogP contribution in [-0.4, -0.2) is 0 Å². The molecule has 29 heavy (non-hydrogen) atoms. The second-order valence-corrected chi connectivity index (χ2v) is 8.72. The van der Waals surface area contributed by atoms with E-state index in [0.29, 0.717) is 5.92 Å². The molecule has 0 nitrogen and oxygen atoms in total. The van der Waals surface area contributed by atoms with Crippen LogP contribution in [0.4, 0.5) is 0 Å². The Labute approximate surface area is 177 Å². The highest BCUT2D eigenvalue weighted by atomic mass is 14.2.